The molecular formula is C19H36IN3O2. The summed E-state index contributed by atoms with van der Waals surface area (Å²) in [6.07, 6.45) is 9.94. The van der Waals surface area contributed by atoms with Gasteiger partial charge in [-0.25, -0.2) is 0 Å². The fourth-order valence-corrected chi connectivity index (χ4v) is 3.88. The summed E-state index contributed by atoms with van der Waals surface area (Å²) in [7, 11) is 0. The lowest BCUT2D eigenvalue weighted by Crippen LogP contribution is -2.46. The van der Waals surface area contributed by atoms with Crippen LogP contribution in [0.4, 0.5) is 0 Å². The number of rotatable bonds is 7. The molecule has 0 aromatic rings. The first-order valence-corrected chi connectivity index (χ1v) is 9.94. The normalized spacial score (nSPS) is 19.6. The van der Waals surface area contributed by atoms with Gasteiger partial charge in [0, 0.05) is 26.2 Å². The second-order valence-electron chi connectivity index (χ2n) is 7.04. The third kappa shape index (κ3) is 7.71. The van der Waals surface area contributed by atoms with Gasteiger partial charge in [-0.15, -0.1) is 24.0 Å². The first-order valence-electron chi connectivity index (χ1n) is 9.94. The van der Waals surface area contributed by atoms with Crippen molar-refractivity contribution in [3.05, 3.63) is 0 Å². The molecule has 1 aliphatic heterocycles. The highest BCUT2D eigenvalue weighted by Crippen LogP contribution is 2.28. The fourth-order valence-electron chi connectivity index (χ4n) is 3.88. The molecule has 1 heterocycles. The van der Waals surface area contributed by atoms with Crippen molar-refractivity contribution in [1.29, 1.82) is 0 Å². The lowest BCUT2D eigenvalue weighted by Gasteiger charge is -2.33. The molecule has 1 N–H and O–H groups in total. The van der Waals surface area contributed by atoms with Gasteiger partial charge < -0.3 is 15.0 Å². The van der Waals surface area contributed by atoms with Crippen molar-refractivity contribution >= 4 is 35.9 Å². The van der Waals surface area contributed by atoms with Crippen LogP contribution in [0.5, 0.6) is 0 Å². The van der Waals surface area contributed by atoms with Gasteiger partial charge in [-0.1, -0.05) is 25.7 Å². The van der Waals surface area contributed by atoms with Crippen molar-refractivity contribution in [1.82, 2.24) is 10.2 Å². The summed E-state index contributed by atoms with van der Waals surface area (Å²) in [4.78, 5) is 19.0. The maximum absolute atomic E-state index is 11.9. The molecule has 0 spiro atoms. The number of guanidine groups is 1. The van der Waals surface area contributed by atoms with Crippen LogP contribution in [0.15, 0.2) is 4.99 Å². The Kier molecular flexibility index (Phi) is 11.5. The molecule has 2 aliphatic rings. The summed E-state index contributed by atoms with van der Waals surface area (Å²) in [5.74, 6) is 2.00. The molecule has 25 heavy (non-hydrogen) atoms. The Morgan fingerprint density at radius 2 is 1.84 bits per heavy atom. The van der Waals surface area contributed by atoms with Gasteiger partial charge in [0.05, 0.1) is 12.5 Å². The SMILES string of the molecule is CCNC(=NCCCC1CCCC1)N1CCC(C(=O)OCC)CC1.I. The predicted octanol–water partition coefficient (Wildman–Crippen LogP) is 3.82. The number of esters is 1. The molecule has 146 valence electrons. The smallest absolute Gasteiger partial charge is 0.309 e. The minimum absolute atomic E-state index is 0. The van der Waals surface area contributed by atoms with Gasteiger partial charge in [-0.3, -0.25) is 9.79 Å². The molecule has 1 saturated carbocycles. The summed E-state index contributed by atoms with van der Waals surface area (Å²) in [5, 5.41) is 3.41. The van der Waals surface area contributed by atoms with E-state index >= 15 is 0 Å². The van der Waals surface area contributed by atoms with E-state index in [1.54, 1.807) is 0 Å². The maximum atomic E-state index is 11.9. The van der Waals surface area contributed by atoms with Crippen LogP contribution < -0.4 is 5.32 Å². The number of nitrogens with one attached hydrogen (secondary N) is 1. The zero-order chi connectivity index (χ0) is 17.2. The third-order valence-electron chi connectivity index (χ3n) is 5.26. The van der Waals surface area contributed by atoms with Gasteiger partial charge >= 0.3 is 5.97 Å². The standard InChI is InChI=1S/C19H35N3O2.HI/c1-3-20-19(21-13-7-10-16-8-5-6-9-16)22-14-11-17(12-15-22)18(23)24-4-2;/h16-17H,3-15H2,1-2H3,(H,20,21);1H. The van der Waals surface area contributed by atoms with E-state index in [0.717, 1.165) is 50.9 Å². The monoisotopic (exact) mass is 465 g/mol. The molecule has 2 fully saturated rings. The van der Waals surface area contributed by atoms with Crippen molar-refractivity contribution in [2.75, 3.05) is 32.8 Å². The van der Waals surface area contributed by atoms with Gasteiger partial charge in [0.25, 0.3) is 0 Å². The molecule has 1 saturated heterocycles. The molecule has 2 rings (SSSR count). The number of nitrogens with zero attached hydrogens (tertiary/aromatic N) is 2. The van der Waals surface area contributed by atoms with Gasteiger partial charge in [-0.05, 0) is 45.4 Å². The molecule has 5 nitrogen and oxygen atoms in total. The van der Waals surface area contributed by atoms with E-state index in [1.807, 2.05) is 6.92 Å². The van der Waals surface area contributed by atoms with Crippen molar-refractivity contribution in [3.8, 4) is 0 Å². The molecular weight excluding hydrogens is 429 g/mol. The molecule has 0 radical (unpaired) electrons. The van der Waals surface area contributed by atoms with Crippen LogP contribution >= 0.6 is 24.0 Å². The minimum atomic E-state index is -0.0318. The molecule has 0 aromatic heterocycles. The van der Waals surface area contributed by atoms with E-state index in [-0.39, 0.29) is 35.9 Å². The molecule has 0 atom stereocenters. The van der Waals surface area contributed by atoms with Crippen LogP contribution in [-0.4, -0.2) is 49.6 Å². The Labute approximate surface area is 170 Å². The zero-order valence-corrected chi connectivity index (χ0v) is 18.3. The Balaban J connectivity index is 0.00000312. The third-order valence-corrected chi connectivity index (χ3v) is 5.26. The van der Waals surface area contributed by atoms with Crippen LogP contribution in [0.1, 0.15) is 65.2 Å². The average molecular weight is 465 g/mol. The van der Waals surface area contributed by atoms with Gasteiger partial charge in [-0.2, -0.15) is 0 Å². The molecule has 0 aromatic carbocycles. The van der Waals surface area contributed by atoms with Gasteiger partial charge in [0.2, 0.25) is 0 Å². The van der Waals surface area contributed by atoms with Crippen LogP contribution in [0, 0.1) is 11.8 Å². The van der Waals surface area contributed by atoms with E-state index in [0.29, 0.717) is 6.61 Å². The predicted molar refractivity (Wildman–Crippen MR) is 114 cm³/mol. The quantitative estimate of drug-likeness (QED) is 0.204. The zero-order valence-electron chi connectivity index (χ0n) is 16.0. The lowest BCUT2D eigenvalue weighted by atomic mass is 9.97. The van der Waals surface area contributed by atoms with Gasteiger partial charge in [0.15, 0.2) is 5.96 Å². The van der Waals surface area contributed by atoms with Crippen LogP contribution in [0.25, 0.3) is 0 Å². The summed E-state index contributed by atoms with van der Waals surface area (Å²) < 4.78 is 5.15. The number of carbonyl (C=O) groups excluding carboxylic acids is 1. The van der Waals surface area contributed by atoms with Crippen LogP contribution in [0.2, 0.25) is 0 Å². The lowest BCUT2D eigenvalue weighted by molar-refractivity contribution is -0.149. The highest BCUT2D eigenvalue weighted by atomic mass is 127. The first-order chi connectivity index (χ1) is 11.7. The van der Waals surface area contributed by atoms with Crippen molar-refractivity contribution in [2.45, 2.75) is 65.2 Å². The van der Waals surface area contributed by atoms with E-state index in [4.69, 9.17) is 9.73 Å². The Bertz CT molecular complexity index is 403. The molecule has 6 heteroatoms. The number of likely N-dealkylation sites (tertiary alicyclic amines) is 1. The number of hydrogen-bond donors (Lipinski definition) is 1. The summed E-state index contributed by atoms with van der Waals surface area (Å²) in [6.45, 7) is 8.03. The second kappa shape index (κ2) is 12.8. The summed E-state index contributed by atoms with van der Waals surface area (Å²) in [6, 6.07) is 0. The van der Waals surface area contributed by atoms with Crippen LogP contribution in [0.3, 0.4) is 0 Å². The number of aliphatic imine (C=N–C) groups is 1. The van der Waals surface area contributed by atoms with Crippen molar-refractivity contribution < 1.29 is 9.53 Å². The largest absolute Gasteiger partial charge is 0.466 e. The number of halogens is 1. The second-order valence-corrected chi connectivity index (χ2v) is 7.04. The number of hydrogen-bond acceptors (Lipinski definition) is 3. The Hall–Kier alpha value is -0.530. The molecule has 0 unspecified atom stereocenters. The number of piperidine rings is 1. The first kappa shape index (κ1) is 22.5. The molecule has 1 aliphatic carbocycles. The van der Waals surface area contributed by atoms with Crippen molar-refractivity contribution in [3.63, 3.8) is 0 Å². The number of ether oxygens (including phenoxy) is 1. The molecule has 0 bridgehead atoms. The van der Waals surface area contributed by atoms with Crippen LogP contribution in [-0.2, 0) is 9.53 Å². The van der Waals surface area contributed by atoms with E-state index in [2.05, 4.69) is 17.1 Å². The van der Waals surface area contributed by atoms with Crippen molar-refractivity contribution in [2.24, 2.45) is 16.8 Å². The minimum Gasteiger partial charge on any atom is -0.466 e. The topological polar surface area (TPSA) is 53.9 Å². The summed E-state index contributed by atoms with van der Waals surface area (Å²) >= 11 is 0. The Morgan fingerprint density at radius 1 is 1.16 bits per heavy atom. The average Bonchev–Trinajstić information content (AvgIpc) is 3.11. The number of carbonyl (C=O) groups is 1. The van der Waals surface area contributed by atoms with Gasteiger partial charge in [0.1, 0.15) is 0 Å². The fraction of sp³-hybridized carbons (Fsp3) is 0.895. The highest BCUT2D eigenvalue weighted by Gasteiger charge is 2.27. The van der Waals surface area contributed by atoms with E-state index in [9.17, 15) is 4.79 Å². The van der Waals surface area contributed by atoms with E-state index < -0.39 is 0 Å². The summed E-state index contributed by atoms with van der Waals surface area (Å²) in [5.41, 5.74) is 0. The Morgan fingerprint density at radius 3 is 2.44 bits per heavy atom. The maximum Gasteiger partial charge on any atom is 0.309 e. The highest BCUT2D eigenvalue weighted by molar-refractivity contribution is 14.0. The molecule has 0 amide bonds. The van der Waals surface area contributed by atoms with E-state index in [1.165, 1.54) is 38.5 Å².